The van der Waals surface area contributed by atoms with Gasteiger partial charge < -0.3 is 14.2 Å². The fraction of sp³-hybridized carbons (Fsp3) is 0.217. The molecule has 3 rings (SSSR count). The number of carbonyl (C=O) groups excluding carboxylic acids is 1. The third-order valence-corrected chi connectivity index (χ3v) is 4.48. The molecule has 0 saturated heterocycles. The van der Waals surface area contributed by atoms with E-state index in [0.717, 1.165) is 16.3 Å². The van der Waals surface area contributed by atoms with Crippen LogP contribution in [0.15, 0.2) is 47.6 Å². The number of carbonyl (C=O) groups is 1. The van der Waals surface area contributed by atoms with E-state index in [4.69, 9.17) is 14.2 Å². The van der Waals surface area contributed by atoms with E-state index in [1.807, 2.05) is 36.4 Å². The topological polar surface area (TPSA) is 106 Å². The van der Waals surface area contributed by atoms with Crippen molar-refractivity contribution in [2.45, 2.75) is 13.5 Å². The molecule has 158 valence electrons. The Hall–Kier alpha value is -3.96. The van der Waals surface area contributed by atoms with E-state index < -0.39 is 5.91 Å². The van der Waals surface area contributed by atoms with E-state index >= 15 is 0 Å². The lowest BCUT2D eigenvalue weighted by Gasteiger charge is -2.11. The first-order valence-electron chi connectivity index (χ1n) is 9.47. The normalized spacial score (nSPS) is 10.8. The Labute approximate surface area is 180 Å². The molecule has 1 N–H and O–H groups in total. The fourth-order valence-electron chi connectivity index (χ4n) is 3.13. The molecular weight excluding hydrogens is 396 g/mol. The number of fused-ring (bicyclic) bond motifs is 1. The van der Waals surface area contributed by atoms with E-state index in [1.54, 1.807) is 20.1 Å². The molecule has 0 aliphatic carbocycles. The molecule has 0 fully saturated rings. The van der Waals surface area contributed by atoms with E-state index in [-0.39, 0.29) is 24.7 Å². The second kappa shape index (κ2) is 10.2. The SMILES string of the molecule is COCc1cc(C)nc(OCC(=O)NN=Cc2c(OC)ccc3ccccc23)c1C#N. The van der Waals surface area contributed by atoms with E-state index in [9.17, 15) is 10.1 Å². The van der Waals surface area contributed by atoms with Gasteiger partial charge >= 0.3 is 0 Å². The number of amides is 1. The van der Waals surface area contributed by atoms with Crippen LogP contribution in [0.25, 0.3) is 10.8 Å². The molecule has 8 heteroatoms. The van der Waals surface area contributed by atoms with Crippen molar-refractivity contribution in [3.8, 4) is 17.7 Å². The molecule has 0 radical (unpaired) electrons. The van der Waals surface area contributed by atoms with Crippen molar-refractivity contribution < 1.29 is 19.0 Å². The monoisotopic (exact) mass is 418 g/mol. The number of aryl methyl sites for hydroxylation is 1. The standard InChI is InChI=1S/C23H22N4O4/c1-15-10-17(13-29-2)19(11-24)23(26-15)31-14-22(28)27-25-12-20-18-7-5-4-6-16(18)8-9-21(20)30-3/h4-10,12H,13-14H2,1-3H3,(H,27,28). The minimum atomic E-state index is -0.490. The van der Waals surface area contributed by atoms with Crippen LogP contribution in [-0.2, 0) is 16.1 Å². The highest BCUT2D eigenvalue weighted by Crippen LogP contribution is 2.26. The van der Waals surface area contributed by atoms with Gasteiger partial charge in [0.1, 0.15) is 17.4 Å². The molecule has 0 bridgehead atoms. The van der Waals surface area contributed by atoms with Crippen molar-refractivity contribution >= 4 is 22.9 Å². The molecular formula is C23H22N4O4. The van der Waals surface area contributed by atoms with Crippen LogP contribution in [-0.4, -0.2) is 37.9 Å². The lowest BCUT2D eigenvalue weighted by molar-refractivity contribution is -0.123. The Kier molecular flexibility index (Phi) is 7.14. The first-order valence-corrected chi connectivity index (χ1v) is 9.47. The first kappa shape index (κ1) is 21.7. The number of hydrazone groups is 1. The lowest BCUT2D eigenvalue weighted by Crippen LogP contribution is -2.25. The molecule has 1 heterocycles. The van der Waals surface area contributed by atoms with Gasteiger partial charge in [-0.3, -0.25) is 4.79 Å². The molecule has 0 aliphatic heterocycles. The van der Waals surface area contributed by atoms with Gasteiger partial charge in [0.15, 0.2) is 6.61 Å². The fourth-order valence-corrected chi connectivity index (χ4v) is 3.13. The van der Waals surface area contributed by atoms with E-state index in [1.165, 1.54) is 13.3 Å². The quantitative estimate of drug-likeness (QED) is 0.445. The lowest BCUT2D eigenvalue weighted by atomic mass is 10.0. The van der Waals surface area contributed by atoms with Crippen molar-refractivity contribution in [1.29, 1.82) is 5.26 Å². The second-order valence-corrected chi connectivity index (χ2v) is 6.63. The number of ether oxygens (including phenoxy) is 3. The smallest absolute Gasteiger partial charge is 0.278 e. The van der Waals surface area contributed by atoms with Crippen LogP contribution >= 0.6 is 0 Å². The highest BCUT2D eigenvalue weighted by Gasteiger charge is 2.14. The number of aromatic nitrogens is 1. The van der Waals surface area contributed by atoms with Gasteiger partial charge in [-0.2, -0.15) is 10.4 Å². The number of nitrogens with zero attached hydrogens (tertiary/aromatic N) is 3. The Bertz CT molecular complexity index is 1170. The first-order chi connectivity index (χ1) is 15.1. The van der Waals surface area contributed by atoms with Crippen LogP contribution in [0, 0.1) is 18.3 Å². The maximum atomic E-state index is 12.2. The molecule has 0 spiro atoms. The summed E-state index contributed by atoms with van der Waals surface area (Å²) in [7, 11) is 3.11. The molecule has 2 aromatic carbocycles. The van der Waals surface area contributed by atoms with Gasteiger partial charge in [-0.25, -0.2) is 10.4 Å². The summed E-state index contributed by atoms with van der Waals surface area (Å²) in [6.07, 6.45) is 1.53. The second-order valence-electron chi connectivity index (χ2n) is 6.63. The molecule has 0 unspecified atom stereocenters. The van der Waals surface area contributed by atoms with Crippen molar-refractivity contribution in [2.24, 2.45) is 5.10 Å². The summed E-state index contributed by atoms with van der Waals surface area (Å²) in [6.45, 7) is 1.67. The largest absolute Gasteiger partial charge is 0.496 e. The summed E-state index contributed by atoms with van der Waals surface area (Å²) in [5.74, 6) is 0.238. The van der Waals surface area contributed by atoms with Gasteiger partial charge in [0.25, 0.3) is 5.91 Å². The number of benzene rings is 2. The van der Waals surface area contributed by atoms with Gasteiger partial charge in [-0.1, -0.05) is 30.3 Å². The zero-order chi connectivity index (χ0) is 22.2. The van der Waals surface area contributed by atoms with Gasteiger partial charge in [0, 0.05) is 23.9 Å². The maximum Gasteiger partial charge on any atom is 0.278 e. The van der Waals surface area contributed by atoms with Crippen LogP contribution in [0.5, 0.6) is 11.6 Å². The Morgan fingerprint density at radius 3 is 2.81 bits per heavy atom. The summed E-state index contributed by atoms with van der Waals surface area (Å²) in [4.78, 5) is 16.4. The summed E-state index contributed by atoms with van der Waals surface area (Å²) in [6, 6.07) is 15.4. The summed E-state index contributed by atoms with van der Waals surface area (Å²) in [5, 5.41) is 15.4. The van der Waals surface area contributed by atoms with Gasteiger partial charge in [0.05, 0.1) is 19.9 Å². The van der Waals surface area contributed by atoms with Crippen LogP contribution in [0.2, 0.25) is 0 Å². The predicted molar refractivity (Wildman–Crippen MR) is 116 cm³/mol. The Morgan fingerprint density at radius 2 is 2.06 bits per heavy atom. The molecule has 1 amide bonds. The van der Waals surface area contributed by atoms with Gasteiger partial charge in [-0.05, 0) is 29.8 Å². The average molecular weight is 418 g/mol. The predicted octanol–water partition coefficient (Wildman–Crippen LogP) is 3.10. The molecule has 31 heavy (non-hydrogen) atoms. The van der Waals surface area contributed by atoms with Gasteiger partial charge in [0.2, 0.25) is 5.88 Å². The number of methoxy groups -OCH3 is 2. The molecule has 1 aromatic heterocycles. The zero-order valence-corrected chi connectivity index (χ0v) is 17.5. The maximum absolute atomic E-state index is 12.2. The number of nitriles is 1. The Morgan fingerprint density at radius 1 is 1.26 bits per heavy atom. The van der Waals surface area contributed by atoms with Crippen LogP contribution in [0.4, 0.5) is 0 Å². The average Bonchev–Trinajstić information content (AvgIpc) is 2.77. The molecule has 0 saturated carbocycles. The molecule has 0 atom stereocenters. The minimum Gasteiger partial charge on any atom is -0.496 e. The van der Waals surface area contributed by atoms with Crippen molar-refractivity contribution in [1.82, 2.24) is 10.4 Å². The Balaban J connectivity index is 1.70. The highest BCUT2D eigenvalue weighted by atomic mass is 16.5. The van der Waals surface area contributed by atoms with E-state index in [0.29, 0.717) is 17.0 Å². The zero-order valence-electron chi connectivity index (χ0n) is 17.5. The van der Waals surface area contributed by atoms with Gasteiger partial charge in [-0.15, -0.1) is 0 Å². The third kappa shape index (κ3) is 5.15. The number of hydrogen-bond acceptors (Lipinski definition) is 7. The third-order valence-electron chi connectivity index (χ3n) is 4.48. The summed E-state index contributed by atoms with van der Waals surface area (Å²) >= 11 is 0. The number of rotatable bonds is 8. The van der Waals surface area contributed by atoms with E-state index in [2.05, 4.69) is 21.6 Å². The van der Waals surface area contributed by atoms with Crippen LogP contribution < -0.4 is 14.9 Å². The molecule has 8 nitrogen and oxygen atoms in total. The summed E-state index contributed by atoms with van der Waals surface area (Å²) in [5.41, 5.74) is 4.71. The van der Waals surface area contributed by atoms with Crippen molar-refractivity contribution in [3.05, 3.63) is 64.8 Å². The number of nitrogens with one attached hydrogen (secondary N) is 1. The van der Waals surface area contributed by atoms with Crippen molar-refractivity contribution in [2.75, 3.05) is 20.8 Å². The molecule has 3 aromatic rings. The number of pyridine rings is 1. The minimum absolute atomic E-state index is 0.0874. The highest BCUT2D eigenvalue weighted by molar-refractivity contribution is 6.02. The van der Waals surface area contributed by atoms with Crippen LogP contribution in [0.1, 0.15) is 22.4 Å². The van der Waals surface area contributed by atoms with Crippen LogP contribution in [0.3, 0.4) is 0 Å². The van der Waals surface area contributed by atoms with Crippen molar-refractivity contribution in [3.63, 3.8) is 0 Å². The molecule has 0 aliphatic rings. The summed E-state index contributed by atoms with van der Waals surface area (Å²) < 4.78 is 16.0. The number of hydrogen-bond donors (Lipinski definition) is 1.